The Hall–Kier alpha value is -3.67. The Kier molecular flexibility index (Phi) is 5.83. The Bertz CT molecular complexity index is 1170. The van der Waals surface area contributed by atoms with Crippen LogP contribution >= 0.6 is 0 Å². The zero-order valence-corrected chi connectivity index (χ0v) is 18.3. The number of ether oxygens (including phenoxy) is 1. The summed E-state index contributed by atoms with van der Waals surface area (Å²) in [4.78, 5) is 18.9. The molecule has 2 aromatic carbocycles. The maximum atomic E-state index is 5.89. The van der Waals surface area contributed by atoms with E-state index in [-0.39, 0.29) is 0 Å². The summed E-state index contributed by atoms with van der Waals surface area (Å²) in [7, 11) is 2.04. The van der Waals surface area contributed by atoms with Gasteiger partial charge in [0.25, 0.3) is 0 Å². The lowest BCUT2D eigenvalue weighted by atomic mass is 10.2. The normalized spacial score (nSPS) is 13.5. The highest BCUT2D eigenvalue weighted by Crippen LogP contribution is 2.28. The first-order chi connectivity index (χ1) is 15.8. The average Bonchev–Trinajstić information content (AvgIpc) is 3.39. The van der Waals surface area contributed by atoms with Crippen molar-refractivity contribution in [3.8, 4) is 17.1 Å². The fourth-order valence-electron chi connectivity index (χ4n) is 4.05. The predicted molar refractivity (Wildman–Crippen MR) is 129 cm³/mol. The zero-order valence-electron chi connectivity index (χ0n) is 18.3. The van der Waals surface area contributed by atoms with Crippen molar-refractivity contribution in [2.45, 2.75) is 12.8 Å². The fourth-order valence-corrected chi connectivity index (χ4v) is 4.05. The van der Waals surface area contributed by atoms with Gasteiger partial charge in [-0.3, -0.25) is 0 Å². The van der Waals surface area contributed by atoms with E-state index < -0.39 is 0 Å². The van der Waals surface area contributed by atoms with Crippen LogP contribution in [0.3, 0.4) is 0 Å². The van der Waals surface area contributed by atoms with Crippen LogP contribution in [0.4, 0.5) is 11.6 Å². The number of nitrogens with zero attached hydrogens (tertiary/aromatic N) is 5. The number of aromatic nitrogens is 3. The van der Waals surface area contributed by atoms with Gasteiger partial charge in [-0.05, 0) is 49.2 Å². The average molecular weight is 426 g/mol. The third-order valence-electron chi connectivity index (χ3n) is 5.82. The van der Waals surface area contributed by atoms with Gasteiger partial charge in [0, 0.05) is 37.3 Å². The first-order valence-electron chi connectivity index (χ1n) is 11.1. The maximum Gasteiger partial charge on any atom is 0.163 e. The summed E-state index contributed by atoms with van der Waals surface area (Å²) in [6.45, 7) is 3.44. The standard InChI is InChI=1S/C26H27N5O/c1-30(17-18-32-21-9-3-2-4-10-21)26-22-11-5-6-12-23(22)28-25(29-26)20-13-14-24(27-19-20)31-15-7-8-16-31/h2-6,9-14,19H,7-8,15-18H2,1H3. The molecule has 1 saturated heterocycles. The number of hydrogen-bond acceptors (Lipinski definition) is 6. The van der Waals surface area contributed by atoms with Crippen molar-refractivity contribution in [1.29, 1.82) is 0 Å². The van der Waals surface area contributed by atoms with E-state index in [9.17, 15) is 0 Å². The first kappa shape index (κ1) is 20.2. The summed E-state index contributed by atoms with van der Waals surface area (Å²) in [6, 6.07) is 22.2. The third-order valence-corrected chi connectivity index (χ3v) is 5.82. The van der Waals surface area contributed by atoms with Crippen molar-refractivity contribution < 1.29 is 4.74 Å². The van der Waals surface area contributed by atoms with E-state index in [1.807, 2.05) is 61.8 Å². The molecule has 0 bridgehead atoms. The lowest BCUT2D eigenvalue weighted by molar-refractivity contribution is 0.326. The zero-order chi connectivity index (χ0) is 21.8. The van der Waals surface area contributed by atoms with Gasteiger partial charge >= 0.3 is 0 Å². The minimum absolute atomic E-state index is 0.570. The Morgan fingerprint density at radius 3 is 2.47 bits per heavy atom. The van der Waals surface area contributed by atoms with Crippen LogP contribution in [-0.2, 0) is 0 Å². The second-order valence-corrected chi connectivity index (χ2v) is 8.07. The molecule has 3 heterocycles. The molecule has 0 atom stereocenters. The Balaban J connectivity index is 1.39. The van der Waals surface area contributed by atoms with Gasteiger partial charge < -0.3 is 14.5 Å². The van der Waals surface area contributed by atoms with E-state index in [1.54, 1.807) is 0 Å². The Morgan fingerprint density at radius 2 is 1.69 bits per heavy atom. The van der Waals surface area contributed by atoms with Crippen LogP contribution < -0.4 is 14.5 Å². The van der Waals surface area contributed by atoms with Crippen molar-refractivity contribution in [2.24, 2.45) is 0 Å². The highest BCUT2D eigenvalue weighted by molar-refractivity contribution is 5.91. The summed E-state index contributed by atoms with van der Waals surface area (Å²) >= 11 is 0. The van der Waals surface area contributed by atoms with E-state index >= 15 is 0 Å². The van der Waals surface area contributed by atoms with Crippen molar-refractivity contribution in [3.05, 3.63) is 72.9 Å². The summed E-state index contributed by atoms with van der Waals surface area (Å²) in [5.41, 5.74) is 1.85. The van der Waals surface area contributed by atoms with Gasteiger partial charge in [-0.25, -0.2) is 15.0 Å². The monoisotopic (exact) mass is 425 g/mol. The number of rotatable bonds is 7. The second-order valence-electron chi connectivity index (χ2n) is 8.07. The molecule has 0 amide bonds. The predicted octanol–water partition coefficient (Wildman–Crippen LogP) is 4.81. The molecule has 4 aromatic rings. The minimum atomic E-state index is 0.570. The third kappa shape index (κ3) is 4.35. The molecule has 1 aliphatic rings. The van der Waals surface area contributed by atoms with E-state index in [1.165, 1.54) is 12.8 Å². The lowest BCUT2D eigenvalue weighted by Crippen LogP contribution is -2.25. The number of hydrogen-bond donors (Lipinski definition) is 0. The van der Waals surface area contributed by atoms with Gasteiger partial charge in [-0.2, -0.15) is 0 Å². The Labute approximate surface area is 188 Å². The molecule has 6 nitrogen and oxygen atoms in total. The number of para-hydroxylation sites is 2. The van der Waals surface area contributed by atoms with Crippen LogP contribution in [0.15, 0.2) is 72.9 Å². The molecule has 162 valence electrons. The molecule has 32 heavy (non-hydrogen) atoms. The second kappa shape index (κ2) is 9.22. The van der Waals surface area contributed by atoms with Gasteiger partial charge in [0.2, 0.25) is 0 Å². The summed E-state index contributed by atoms with van der Waals surface area (Å²) in [6.07, 6.45) is 4.36. The number of pyridine rings is 1. The Morgan fingerprint density at radius 1 is 0.906 bits per heavy atom. The number of benzene rings is 2. The van der Waals surface area contributed by atoms with Gasteiger partial charge in [0.1, 0.15) is 24.0 Å². The number of fused-ring (bicyclic) bond motifs is 1. The molecule has 1 aliphatic heterocycles. The molecule has 0 saturated carbocycles. The van der Waals surface area contributed by atoms with Crippen molar-refractivity contribution in [1.82, 2.24) is 15.0 Å². The smallest absolute Gasteiger partial charge is 0.163 e. The molecular formula is C26H27N5O. The molecule has 0 unspecified atom stereocenters. The van der Waals surface area contributed by atoms with Crippen molar-refractivity contribution >= 4 is 22.5 Å². The van der Waals surface area contributed by atoms with Crippen LogP contribution in [0.25, 0.3) is 22.3 Å². The van der Waals surface area contributed by atoms with E-state index in [4.69, 9.17) is 14.7 Å². The molecule has 5 rings (SSSR count). The van der Waals surface area contributed by atoms with E-state index in [2.05, 4.69) is 33.0 Å². The molecule has 0 radical (unpaired) electrons. The van der Waals surface area contributed by atoms with Crippen LogP contribution in [0.5, 0.6) is 5.75 Å². The quantitative estimate of drug-likeness (QED) is 0.424. The fraction of sp³-hybridized carbons (Fsp3) is 0.269. The summed E-state index contributed by atoms with van der Waals surface area (Å²) in [5.74, 6) is 3.49. The molecule has 6 heteroatoms. The van der Waals surface area contributed by atoms with Crippen LogP contribution in [-0.4, -0.2) is 48.2 Å². The van der Waals surface area contributed by atoms with Gasteiger partial charge in [0.15, 0.2) is 5.82 Å². The molecule has 2 aromatic heterocycles. The largest absolute Gasteiger partial charge is 0.492 e. The van der Waals surface area contributed by atoms with E-state index in [0.29, 0.717) is 19.0 Å². The first-order valence-corrected chi connectivity index (χ1v) is 11.1. The minimum Gasteiger partial charge on any atom is -0.492 e. The van der Waals surface area contributed by atoms with Crippen LogP contribution in [0, 0.1) is 0 Å². The summed E-state index contributed by atoms with van der Waals surface area (Å²) in [5, 5.41) is 1.03. The van der Waals surface area contributed by atoms with E-state index in [0.717, 1.165) is 46.9 Å². The molecule has 1 fully saturated rings. The van der Waals surface area contributed by atoms with Crippen LogP contribution in [0.2, 0.25) is 0 Å². The molecule has 0 N–H and O–H groups in total. The highest BCUT2D eigenvalue weighted by atomic mass is 16.5. The van der Waals surface area contributed by atoms with Crippen molar-refractivity contribution in [2.75, 3.05) is 43.1 Å². The number of anilines is 2. The van der Waals surface area contributed by atoms with Gasteiger partial charge in [-0.15, -0.1) is 0 Å². The highest BCUT2D eigenvalue weighted by Gasteiger charge is 2.16. The molecule has 0 aliphatic carbocycles. The topological polar surface area (TPSA) is 54.4 Å². The van der Waals surface area contributed by atoms with Crippen LogP contribution in [0.1, 0.15) is 12.8 Å². The lowest BCUT2D eigenvalue weighted by Gasteiger charge is -2.21. The molecule has 0 spiro atoms. The maximum absolute atomic E-state index is 5.89. The van der Waals surface area contributed by atoms with Crippen molar-refractivity contribution in [3.63, 3.8) is 0 Å². The SMILES string of the molecule is CN(CCOc1ccccc1)c1nc(-c2ccc(N3CCCC3)nc2)nc2ccccc12. The van der Waals surface area contributed by atoms with Gasteiger partial charge in [0.05, 0.1) is 12.1 Å². The van der Waals surface area contributed by atoms with Gasteiger partial charge in [-0.1, -0.05) is 30.3 Å². The summed E-state index contributed by atoms with van der Waals surface area (Å²) < 4.78 is 5.89. The molecular weight excluding hydrogens is 398 g/mol. The number of likely N-dealkylation sites (N-methyl/N-ethyl adjacent to an activating group) is 1.